The van der Waals surface area contributed by atoms with Crippen molar-refractivity contribution in [3.05, 3.63) is 71.8 Å². The number of rotatable bonds is 6. The number of halogens is 1. The second-order valence-corrected chi connectivity index (χ2v) is 9.54. The van der Waals surface area contributed by atoms with Crippen LogP contribution in [0, 0.1) is 5.82 Å². The molecule has 0 N–H and O–H groups in total. The summed E-state index contributed by atoms with van der Waals surface area (Å²) in [4.78, 5) is 14.8. The molecule has 30 heavy (non-hydrogen) atoms. The van der Waals surface area contributed by atoms with Gasteiger partial charge >= 0.3 is 0 Å². The van der Waals surface area contributed by atoms with Crippen LogP contribution in [0.3, 0.4) is 0 Å². The van der Waals surface area contributed by atoms with Crippen molar-refractivity contribution in [1.29, 1.82) is 0 Å². The van der Waals surface area contributed by atoms with Gasteiger partial charge in [0.2, 0.25) is 5.91 Å². The summed E-state index contributed by atoms with van der Waals surface area (Å²) in [5.41, 5.74) is 1.59. The Morgan fingerprint density at radius 1 is 1.10 bits per heavy atom. The summed E-state index contributed by atoms with van der Waals surface area (Å²) in [5.74, 6) is 2.21. The predicted molar refractivity (Wildman–Crippen MR) is 117 cm³/mol. The van der Waals surface area contributed by atoms with Gasteiger partial charge in [-0.1, -0.05) is 48.2 Å². The summed E-state index contributed by atoms with van der Waals surface area (Å²) < 4.78 is 16.3. The van der Waals surface area contributed by atoms with E-state index in [-0.39, 0.29) is 22.9 Å². The Labute approximate surface area is 183 Å². The Hall–Kier alpha value is -2.32. The summed E-state index contributed by atoms with van der Waals surface area (Å²) in [6.45, 7) is 0.627. The van der Waals surface area contributed by atoms with Crippen molar-refractivity contribution < 1.29 is 9.18 Å². The number of benzene rings is 2. The molecule has 1 aromatic heterocycles. The Kier molecular flexibility index (Phi) is 5.52. The summed E-state index contributed by atoms with van der Waals surface area (Å²) in [6, 6.07) is 16.7. The number of para-hydroxylation sites is 1. The minimum atomic E-state index is -0.270. The van der Waals surface area contributed by atoms with Gasteiger partial charge in [0, 0.05) is 29.5 Å². The van der Waals surface area contributed by atoms with Crippen molar-refractivity contribution in [2.75, 3.05) is 18.1 Å². The van der Waals surface area contributed by atoms with E-state index in [9.17, 15) is 9.18 Å². The zero-order chi connectivity index (χ0) is 20.5. The summed E-state index contributed by atoms with van der Waals surface area (Å²) in [6.07, 6.45) is 2.26. The molecule has 0 spiro atoms. The van der Waals surface area contributed by atoms with Crippen LogP contribution < -0.4 is 0 Å². The Morgan fingerprint density at radius 2 is 1.87 bits per heavy atom. The van der Waals surface area contributed by atoms with Crippen molar-refractivity contribution >= 4 is 29.4 Å². The molecular weight excluding hydrogens is 419 g/mol. The molecule has 1 aliphatic heterocycles. The maximum atomic E-state index is 14.3. The molecule has 1 amide bonds. The van der Waals surface area contributed by atoms with E-state index >= 15 is 0 Å². The highest BCUT2D eigenvalue weighted by Crippen LogP contribution is 2.42. The van der Waals surface area contributed by atoms with Crippen LogP contribution in [-0.4, -0.2) is 43.6 Å². The number of amides is 1. The molecule has 8 heteroatoms. The predicted octanol–water partition coefficient (Wildman–Crippen LogP) is 4.65. The van der Waals surface area contributed by atoms with Gasteiger partial charge in [-0.05, 0) is 31.0 Å². The highest BCUT2D eigenvalue weighted by molar-refractivity contribution is 8.00. The second kappa shape index (κ2) is 8.43. The van der Waals surface area contributed by atoms with E-state index < -0.39 is 0 Å². The molecule has 154 valence electrons. The highest BCUT2D eigenvalue weighted by Gasteiger charge is 2.34. The lowest BCUT2D eigenvalue weighted by atomic mass is 10.2. The summed E-state index contributed by atoms with van der Waals surface area (Å²) >= 11 is 3.01. The Balaban J connectivity index is 1.34. The average Bonchev–Trinajstić information content (AvgIpc) is 3.34. The molecule has 2 fully saturated rings. The van der Waals surface area contributed by atoms with Gasteiger partial charge in [-0.25, -0.2) is 4.39 Å². The number of nitrogens with zero attached hydrogens (tertiary/aromatic N) is 4. The first-order valence-electron chi connectivity index (χ1n) is 10.0. The van der Waals surface area contributed by atoms with Crippen molar-refractivity contribution in [3.8, 4) is 5.69 Å². The molecule has 1 saturated carbocycles. The maximum absolute atomic E-state index is 14.3. The zero-order valence-electron chi connectivity index (χ0n) is 16.3. The largest absolute Gasteiger partial charge is 0.325 e. The molecule has 5 nitrogen and oxygen atoms in total. The van der Waals surface area contributed by atoms with Gasteiger partial charge < -0.3 is 4.90 Å². The molecule has 3 aromatic rings. The van der Waals surface area contributed by atoms with Gasteiger partial charge in [-0.3, -0.25) is 9.36 Å². The van der Waals surface area contributed by atoms with Crippen molar-refractivity contribution in [2.24, 2.45) is 0 Å². The quantitative estimate of drug-likeness (QED) is 0.522. The zero-order valence-corrected chi connectivity index (χ0v) is 17.9. The number of carbonyl (C=O) groups excluding carboxylic acids is 1. The van der Waals surface area contributed by atoms with Crippen molar-refractivity contribution in [3.63, 3.8) is 0 Å². The van der Waals surface area contributed by atoms with E-state index in [0.717, 1.165) is 35.3 Å². The normalized spacial score (nSPS) is 18.7. The lowest BCUT2D eigenvalue weighted by molar-refractivity contribution is -0.128. The van der Waals surface area contributed by atoms with E-state index in [1.807, 2.05) is 36.4 Å². The van der Waals surface area contributed by atoms with Gasteiger partial charge in [-0.2, -0.15) is 0 Å². The summed E-state index contributed by atoms with van der Waals surface area (Å²) in [7, 11) is 0. The van der Waals surface area contributed by atoms with Crippen LogP contribution in [-0.2, 0) is 4.79 Å². The first-order chi connectivity index (χ1) is 14.7. The summed E-state index contributed by atoms with van der Waals surface area (Å²) in [5, 5.41) is 9.26. The molecule has 1 aliphatic carbocycles. The molecule has 2 aliphatic rings. The third-order valence-corrected chi connectivity index (χ3v) is 7.48. The molecule has 0 bridgehead atoms. The van der Waals surface area contributed by atoms with Crippen LogP contribution in [0.25, 0.3) is 5.69 Å². The fourth-order valence-electron chi connectivity index (χ4n) is 3.67. The van der Waals surface area contributed by atoms with E-state index in [0.29, 0.717) is 18.0 Å². The first kappa shape index (κ1) is 19.6. The number of hydrogen-bond acceptors (Lipinski definition) is 5. The fourth-order valence-corrected chi connectivity index (χ4v) is 5.81. The van der Waals surface area contributed by atoms with E-state index in [1.165, 1.54) is 17.8 Å². The third kappa shape index (κ3) is 3.86. The lowest BCUT2D eigenvalue weighted by Crippen LogP contribution is -2.32. The first-order valence-corrected chi connectivity index (χ1v) is 12.0. The molecule has 1 saturated heterocycles. The molecule has 2 heterocycles. The Morgan fingerprint density at radius 3 is 2.63 bits per heavy atom. The van der Waals surface area contributed by atoms with Crippen molar-refractivity contribution in [2.45, 2.75) is 29.3 Å². The SMILES string of the molecule is O=C(CSc1nnc(C2CC2)n1-c1ccccc1)N1CCS[C@H]1c1ccccc1F. The van der Waals surface area contributed by atoms with Crippen LogP contribution in [0.1, 0.15) is 35.5 Å². The van der Waals surface area contributed by atoms with E-state index in [1.54, 1.807) is 28.8 Å². The Bertz CT molecular complexity index is 1050. The fraction of sp³-hybridized carbons (Fsp3) is 0.318. The lowest BCUT2D eigenvalue weighted by Gasteiger charge is -2.24. The van der Waals surface area contributed by atoms with E-state index in [4.69, 9.17) is 0 Å². The van der Waals surface area contributed by atoms with Crippen LogP contribution in [0.15, 0.2) is 59.8 Å². The second-order valence-electron chi connectivity index (χ2n) is 7.41. The standard InChI is InChI=1S/C22H21FN4OS2/c23-18-9-5-4-8-17(18)21-26(12-13-29-21)19(28)14-30-22-25-24-20(15-10-11-15)27(22)16-6-2-1-3-7-16/h1-9,15,21H,10-14H2/t21-/m0/s1. The minimum Gasteiger partial charge on any atom is -0.325 e. The van der Waals surface area contributed by atoms with Gasteiger partial charge in [-0.15, -0.1) is 22.0 Å². The van der Waals surface area contributed by atoms with Gasteiger partial charge in [0.05, 0.1) is 5.75 Å². The number of thioether (sulfide) groups is 2. The topological polar surface area (TPSA) is 51.0 Å². The van der Waals surface area contributed by atoms with Crippen molar-refractivity contribution in [1.82, 2.24) is 19.7 Å². The molecule has 0 unspecified atom stereocenters. The van der Waals surface area contributed by atoms with Crippen LogP contribution in [0.5, 0.6) is 0 Å². The molecule has 2 aromatic carbocycles. The maximum Gasteiger partial charge on any atom is 0.234 e. The number of aromatic nitrogens is 3. The van der Waals surface area contributed by atoms with Gasteiger partial charge in [0.15, 0.2) is 5.16 Å². The molecule has 0 radical (unpaired) electrons. The number of carbonyl (C=O) groups is 1. The van der Waals surface area contributed by atoms with Crippen LogP contribution >= 0.6 is 23.5 Å². The van der Waals surface area contributed by atoms with Gasteiger partial charge in [0.25, 0.3) is 0 Å². The molecule has 1 atom stereocenters. The van der Waals surface area contributed by atoms with Crippen LogP contribution in [0.4, 0.5) is 4.39 Å². The van der Waals surface area contributed by atoms with E-state index in [2.05, 4.69) is 14.8 Å². The third-order valence-electron chi connectivity index (χ3n) is 5.32. The molecule has 5 rings (SSSR count). The average molecular weight is 441 g/mol. The minimum absolute atomic E-state index is 0.00571. The monoisotopic (exact) mass is 440 g/mol. The van der Waals surface area contributed by atoms with Gasteiger partial charge in [0.1, 0.15) is 17.0 Å². The van der Waals surface area contributed by atoms with Crippen LogP contribution in [0.2, 0.25) is 0 Å². The highest BCUT2D eigenvalue weighted by atomic mass is 32.2. The number of hydrogen-bond donors (Lipinski definition) is 0. The molecular formula is C22H21FN4OS2. The smallest absolute Gasteiger partial charge is 0.234 e.